The van der Waals surface area contributed by atoms with E-state index in [1.54, 1.807) is 13.8 Å². The molecule has 9 heteroatoms. The number of nitrogens with one attached hydrogen (secondary N) is 3. The highest BCUT2D eigenvalue weighted by atomic mass is 35.5. The smallest absolute Gasteiger partial charge is 0.251 e. The summed E-state index contributed by atoms with van der Waals surface area (Å²) in [4.78, 5) is 36.3. The van der Waals surface area contributed by atoms with Gasteiger partial charge >= 0.3 is 0 Å². The van der Waals surface area contributed by atoms with Gasteiger partial charge in [0.05, 0.1) is 12.1 Å². The van der Waals surface area contributed by atoms with E-state index in [9.17, 15) is 19.5 Å². The summed E-state index contributed by atoms with van der Waals surface area (Å²) in [6.07, 6.45) is -0.136. The molecule has 0 radical (unpaired) electrons. The highest BCUT2D eigenvalue weighted by molar-refractivity contribution is 5.86. The van der Waals surface area contributed by atoms with E-state index in [0.29, 0.717) is 19.4 Å². The third kappa shape index (κ3) is 7.88. The van der Waals surface area contributed by atoms with Gasteiger partial charge in [0, 0.05) is 18.5 Å². The predicted molar refractivity (Wildman–Crippen MR) is 102 cm³/mol. The first kappa shape index (κ1) is 24.6. The molecule has 0 aromatic rings. The minimum atomic E-state index is -1.44. The van der Waals surface area contributed by atoms with Gasteiger partial charge in [0.1, 0.15) is 0 Å². The van der Waals surface area contributed by atoms with Crippen LogP contribution >= 0.6 is 12.4 Å². The Morgan fingerprint density at radius 3 is 2.31 bits per heavy atom. The average Bonchev–Trinajstić information content (AvgIpc) is 2.89. The number of carbonyl (C=O) groups is 3. The second-order valence-corrected chi connectivity index (χ2v) is 7.47. The maximum atomic E-state index is 12.3. The first-order valence-electron chi connectivity index (χ1n) is 8.93. The Hall–Kier alpha value is -1.38. The summed E-state index contributed by atoms with van der Waals surface area (Å²) >= 11 is 0. The maximum Gasteiger partial charge on any atom is 0.251 e. The Labute approximate surface area is 161 Å². The largest absolute Gasteiger partial charge is 0.381 e. The quantitative estimate of drug-likeness (QED) is 0.366. The van der Waals surface area contributed by atoms with Crippen molar-refractivity contribution in [2.24, 2.45) is 17.6 Å². The first-order valence-corrected chi connectivity index (χ1v) is 8.93. The Morgan fingerprint density at radius 2 is 1.85 bits per heavy atom. The van der Waals surface area contributed by atoms with Crippen LogP contribution in [0.4, 0.5) is 0 Å². The molecule has 6 N–H and O–H groups in total. The van der Waals surface area contributed by atoms with E-state index in [1.807, 2.05) is 13.8 Å². The molecule has 2 unspecified atom stereocenters. The van der Waals surface area contributed by atoms with Crippen LogP contribution < -0.4 is 21.7 Å². The van der Waals surface area contributed by atoms with Gasteiger partial charge in [0.25, 0.3) is 5.91 Å². The molecule has 3 amide bonds. The van der Waals surface area contributed by atoms with Gasteiger partial charge in [-0.2, -0.15) is 0 Å². The van der Waals surface area contributed by atoms with E-state index in [-0.39, 0.29) is 42.6 Å². The summed E-state index contributed by atoms with van der Waals surface area (Å²) in [5, 5.41) is 18.4. The number of nitrogens with two attached hydrogens (primary N) is 1. The van der Waals surface area contributed by atoms with Crippen LogP contribution in [0.25, 0.3) is 0 Å². The number of aliphatic hydroxyl groups excluding tert-OH is 1. The van der Waals surface area contributed by atoms with Crippen LogP contribution in [0.1, 0.15) is 47.0 Å². The van der Waals surface area contributed by atoms with Crippen molar-refractivity contribution < 1.29 is 19.5 Å². The topological polar surface area (TPSA) is 134 Å². The summed E-state index contributed by atoms with van der Waals surface area (Å²) in [6.45, 7) is 8.03. The van der Waals surface area contributed by atoms with Crippen LogP contribution in [0.3, 0.4) is 0 Å². The number of rotatable bonds is 9. The van der Waals surface area contributed by atoms with Gasteiger partial charge in [-0.05, 0) is 39.0 Å². The Balaban J connectivity index is 0.00000625. The van der Waals surface area contributed by atoms with E-state index in [2.05, 4.69) is 16.0 Å². The number of carbonyl (C=O) groups excluding carboxylic acids is 3. The van der Waals surface area contributed by atoms with Gasteiger partial charge in [-0.25, -0.2) is 0 Å². The standard InChI is InChI=1S/C17H32N4O4.ClH/c1-9(2)7-12(18)16(24)21-13(8-11-5-6-19-15(11)23)14(22)17(25)20-10(3)4;/h9-14,22H,5-8,18H2,1-4H3,(H,19,23)(H,20,25)(H,21,24);1H/t11?,12-,13-,14?;/m0./s1. The second kappa shape index (κ2) is 11.4. The molecule has 0 aromatic heterocycles. The van der Waals surface area contributed by atoms with Crippen molar-refractivity contribution in [2.45, 2.75) is 71.2 Å². The molecular formula is C17H33ClN4O4. The van der Waals surface area contributed by atoms with Gasteiger partial charge in [-0.1, -0.05) is 13.8 Å². The van der Waals surface area contributed by atoms with Gasteiger partial charge in [0.2, 0.25) is 11.8 Å². The number of hydrogen-bond donors (Lipinski definition) is 5. The van der Waals surface area contributed by atoms with E-state index in [4.69, 9.17) is 5.73 Å². The number of amides is 3. The summed E-state index contributed by atoms with van der Waals surface area (Å²) in [7, 11) is 0. The minimum Gasteiger partial charge on any atom is -0.381 e. The lowest BCUT2D eigenvalue weighted by atomic mass is 9.93. The summed E-state index contributed by atoms with van der Waals surface area (Å²) in [6, 6.07) is -1.73. The first-order chi connectivity index (χ1) is 11.6. The molecule has 26 heavy (non-hydrogen) atoms. The summed E-state index contributed by atoms with van der Waals surface area (Å²) in [5.41, 5.74) is 5.89. The molecular weight excluding hydrogens is 360 g/mol. The summed E-state index contributed by atoms with van der Waals surface area (Å²) in [5.74, 6) is -1.21. The molecule has 1 heterocycles. The van der Waals surface area contributed by atoms with Crippen LogP contribution in [0.2, 0.25) is 0 Å². The molecule has 0 aliphatic carbocycles. The molecule has 4 atom stereocenters. The normalized spacial score (nSPS) is 20.2. The fraction of sp³-hybridized carbons (Fsp3) is 0.824. The van der Waals surface area contributed by atoms with Crippen molar-refractivity contribution in [1.29, 1.82) is 0 Å². The monoisotopic (exact) mass is 392 g/mol. The molecule has 8 nitrogen and oxygen atoms in total. The fourth-order valence-corrected chi connectivity index (χ4v) is 2.90. The molecule has 152 valence electrons. The van der Waals surface area contributed by atoms with Crippen molar-refractivity contribution >= 4 is 30.1 Å². The van der Waals surface area contributed by atoms with Crippen molar-refractivity contribution in [1.82, 2.24) is 16.0 Å². The SMILES string of the molecule is CC(C)C[C@H](N)C(=O)N[C@@H](CC1CCNC1=O)C(O)C(=O)NC(C)C.Cl. The maximum absolute atomic E-state index is 12.3. The highest BCUT2D eigenvalue weighted by Gasteiger charge is 2.35. The van der Waals surface area contributed by atoms with Gasteiger partial charge < -0.3 is 26.8 Å². The highest BCUT2D eigenvalue weighted by Crippen LogP contribution is 2.18. The molecule has 0 spiro atoms. The molecule has 1 fully saturated rings. The Kier molecular flexibility index (Phi) is 10.8. The zero-order chi connectivity index (χ0) is 19.1. The molecule has 1 saturated heterocycles. The van der Waals surface area contributed by atoms with E-state index in [0.717, 1.165) is 0 Å². The van der Waals surface area contributed by atoms with Crippen LogP contribution in [-0.4, -0.2) is 53.6 Å². The van der Waals surface area contributed by atoms with Crippen molar-refractivity contribution in [2.75, 3.05) is 6.54 Å². The van der Waals surface area contributed by atoms with Gasteiger partial charge in [-0.3, -0.25) is 14.4 Å². The zero-order valence-corrected chi connectivity index (χ0v) is 16.8. The van der Waals surface area contributed by atoms with Gasteiger partial charge in [0.15, 0.2) is 6.10 Å². The lowest BCUT2D eigenvalue weighted by Gasteiger charge is -2.27. The van der Waals surface area contributed by atoms with Crippen LogP contribution in [0.5, 0.6) is 0 Å². The van der Waals surface area contributed by atoms with E-state index >= 15 is 0 Å². The Bertz CT molecular complexity index is 487. The zero-order valence-electron chi connectivity index (χ0n) is 16.0. The minimum absolute atomic E-state index is 0. The van der Waals surface area contributed by atoms with Crippen LogP contribution in [0.15, 0.2) is 0 Å². The molecule has 1 aliphatic heterocycles. The molecule has 0 saturated carbocycles. The van der Waals surface area contributed by atoms with Gasteiger partial charge in [-0.15, -0.1) is 12.4 Å². The lowest BCUT2D eigenvalue weighted by Crippen LogP contribution is -2.55. The number of aliphatic hydroxyl groups is 1. The van der Waals surface area contributed by atoms with Crippen molar-refractivity contribution in [3.8, 4) is 0 Å². The van der Waals surface area contributed by atoms with Crippen molar-refractivity contribution in [3.05, 3.63) is 0 Å². The van der Waals surface area contributed by atoms with Crippen LogP contribution in [-0.2, 0) is 14.4 Å². The molecule has 0 bridgehead atoms. The average molecular weight is 393 g/mol. The van der Waals surface area contributed by atoms with Crippen LogP contribution in [0, 0.1) is 11.8 Å². The second-order valence-electron chi connectivity index (χ2n) is 7.47. The predicted octanol–water partition coefficient (Wildman–Crippen LogP) is -0.322. The molecule has 0 aromatic carbocycles. The molecule has 1 aliphatic rings. The van der Waals surface area contributed by atoms with Crippen molar-refractivity contribution in [3.63, 3.8) is 0 Å². The number of hydrogen-bond acceptors (Lipinski definition) is 5. The number of halogens is 1. The third-order valence-electron chi connectivity index (χ3n) is 4.17. The summed E-state index contributed by atoms with van der Waals surface area (Å²) < 4.78 is 0. The van der Waals surface area contributed by atoms with E-state index in [1.165, 1.54) is 0 Å². The van der Waals surface area contributed by atoms with E-state index < -0.39 is 30.0 Å². The Morgan fingerprint density at radius 1 is 1.23 bits per heavy atom. The lowest BCUT2D eigenvalue weighted by molar-refractivity contribution is -0.134. The third-order valence-corrected chi connectivity index (χ3v) is 4.17. The molecule has 1 rings (SSSR count). The fourth-order valence-electron chi connectivity index (χ4n) is 2.90.